The first-order valence-corrected chi connectivity index (χ1v) is 8.08. The molecule has 8 heteroatoms. The molecule has 1 fully saturated rings. The zero-order valence-electron chi connectivity index (χ0n) is 10.8. The molecule has 0 spiro atoms. The number of nitrogens with zero attached hydrogens (tertiary/aromatic N) is 1. The van der Waals surface area contributed by atoms with Crippen molar-refractivity contribution in [2.24, 2.45) is 0 Å². The van der Waals surface area contributed by atoms with Crippen molar-refractivity contribution in [3.63, 3.8) is 0 Å². The van der Waals surface area contributed by atoms with Gasteiger partial charge in [0.2, 0.25) is 5.91 Å². The summed E-state index contributed by atoms with van der Waals surface area (Å²) in [6, 6.07) is 2.82. The zero-order valence-corrected chi connectivity index (χ0v) is 11.6. The third-order valence-corrected chi connectivity index (χ3v) is 5.00. The van der Waals surface area contributed by atoms with Crippen LogP contribution in [0.4, 0.5) is 0 Å². The molecule has 20 heavy (non-hydrogen) atoms. The van der Waals surface area contributed by atoms with Crippen LogP contribution in [0.25, 0.3) is 0 Å². The molecule has 0 saturated carbocycles. The van der Waals surface area contributed by atoms with Crippen molar-refractivity contribution in [2.75, 3.05) is 11.5 Å². The Bertz CT molecular complexity index is 606. The van der Waals surface area contributed by atoms with E-state index in [4.69, 9.17) is 5.11 Å². The van der Waals surface area contributed by atoms with Crippen molar-refractivity contribution in [1.29, 1.82) is 0 Å². The number of carboxylic acids is 1. The molecule has 0 bridgehead atoms. The second kappa shape index (κ2) is 5.66. The van der Waals surface area contributed by atoms with Gasteiger partial charge in [0.15, 0.2) is 0 Å². The van der Waals surface area contributed by atoms with Crippen molar-refractivity contribution in [2.45, 2.75) is 25.4 Å². The largest absolute Gasteiger partial charge is 0.477 e. The lowest BCUT2D eigenvalue weighted by Gasteiger charge is -2.23. The summed E-state index contributed by atoms with van der Waals surface area (Å²) in [5, 5.41) is 11.7. The number of sulfone groups is 1. The first kappa shape index (κ1) is 14.6. The minimum atomic E-state index is -2.95. The minimum absolute atomic E-state index is 0.0476. The van der Waals surface area contributed by atoms with Crippen molar-refractivity contribution < 1.29 is 23.1 Å². The lowest BCUT2D eigenvalue weighted by molar-refractivity contribution is -0.122. The Morgan fingerprint density at radius 3 is 2.60 bits per heavy atom. The van der Waals surface area contributed by atoms with Gasteiger partial charge in [-0.3, -0.25) is 4.79 Å². The summed E-state index contributed by atoms with van der Waals surface area (Å²) in [7, 11) is -2.95. The third kappa shape index (κ3) is 3.60. The van der Waals surface area contributed by atoms with Gasteiger partial charge < -0.3 is 15.0 Å². The highest BCUT2D eigenvalue weighted by Gasteiger charge is 2.24. The van der Waals surface area contributed by atoms with Crippen molar-refractivity contribution in [1.82, 2.24) is 9.88 Å². The second-order valence-corrected chi connectivity index (χ2v) is 7.12. The van der Waals surface area contributed by atoms with Crippen LogP contribution < -0.4 is 5.32 Å². The molecule has 1 aromatic rings. The van der Waals surface area contributed by atoms with Gasteiger partial charge in [-0.2, -0.15) is 0 Å². The van der Waals surface area contributed by atoms with Crippen LogP contribution in [-0.2, 0) is 21.2 Å². The van der Waals surface area contributed by atoms with Gasteiger partial charge in [0.25, 0.3) is 0 Å². The Labute approximate surface area is 116 Å². The van der Waals surface area contributed by atoms with E-state index in [2.05, 4.69) is 5.32 Å². The van der Waals surface area contributed by atoms with E-state index >= 15 is 0 Å². The van der Waals surface area contributed by atoms with E-state index in [0.29, 0.717) is 12.8 Å². The van der Waals surface area contributed by atoms with Crippen LogP contribution in [0.3, 0.4) is 0 Å². The normalized spacial score (nSPS) is 18.6. The number of aromatic carboxylic acids is 1. The molecule has 2 rings (SSSR count). The molecular weight excluding hydrogens is 284 g/mol. The molecule has 1 amide bonds. The van der Waals surface area contributed by atoms with E-state index < -0.39 is 15.8 Å². The predicted octanol–water partition coefficient (Wildman–Crippen LogP) is -0.120. The van der Waals surface area contributed by atoms with Crippen molar-refractivity contribution in [3.05, 3.63) is 24.0 Å². The first-order chi connectivity index (χ1) is 9.37. The van der Waals surface area contributed by atoms with Crippen LogP contribution in [0.1, 0.15) is 23.3 Å². The maximum atomic E-state index is 11.8. The summed E-state index contributed by atoms with van der Waals surface area (Å²) >= 11 is 0. The minimum Gasteiger partial charge on any atom is -0.477 e. The first-order valence-electron chi connectivity index (χ1n) is 6.25. The van der Waals surface area contributed by atoms with E-state index in [1.807, 2.05) is 0 Å². The van der Waals surface area contributed by atoms with E-state index in [9.17, 15) is 18.0 Å². The average Bonchev–Trinajstić information content (AvgIpc) is 2.80. The van der Waals surface area contributed by atoms with E-state index in [1.54, 1.807) is 6.07 Å². The Kier molecular flexibility index (Phi) is 4.12. The number of nitrogens with one attached hydrogen (secondary N) is 1. The highest BCUT2D eigenvalue weighted by atomic mass is 32.2. The Hall–Kier alpha value is -1.83. The van der Waals surface area contributed by atoms with Gasteiger partial charge in [-0.1, -0.05) is 0 Å². The fourth-order valence-corrected chi connectivity index (χ4v) is 3.70. The predicted molar refractivity (Wildman–Crippen MR) is 71.2 cm³/mol. The number of rotatable bonds is 4. The summed E-state index contributed by atoms with van der Waals surface area (Å²) in [4.78, 5) is 22.7. The van der Waals surface area contributed by atoms with E-state index in [1.165, 1.54) is 16.8 Å². The van der Waals surface area contributed by atoms with Gasteiger partial charge in [-0.25, -0.2) is 13.2 Å². The lowest BCUT2D eigenvalue weighted by Crippen LogP contribution is -2.42. The summed E-state index contributed by atoms with van der Waals surface area (Å²) in [5.74, 6) is -1.23. The molecule has 0 aliphatic carbocycles. The summed E-state index contributed by atoms with van der Waals surface area (Å²) in [5.41, 5.74) is 0.0476. The van der Waals surface area contributed by atoms with E-state index in [-0.39, 0.29) is 35.7 Å². The molecule has 1 aromatic heterocycles. The molecule has 0 radical (unpaired) electrons. The highest BCUT2D eigenvalue weighted by Crippen LogP contribution is 2.12. The maximum Gasteiger partial charge on any atom is 0.352 e. The number of hydrogen-bond acceptors (Lipinski definition) is 4. The van der Waals surface area contributed by atoms with E-state index in [0.717, 1.165) is 0 Å². The van der Waals surface area contributed by atoms with Crippen LogP contribution in [-0.4, -0.2) is 47.5 Å². The number of carbonyl (C=O) groups excluding carboxylic acids is 1. The Morgan fingerprint density at radius 1 is 1.35 bits per heavy atom. The zero-order chi connectivity index (χ0) is 14.8. The molecular formula is C12H16N2O5S. The van der Waals surface area contributed by atoms with Crippen LogP contribution >= 0.6 is 0 Å². The molecule has 110 valence electrons. The molecule has 0 unspecified atom stereocenters. The van der Waals surface area contributed by atoms with Crippen molar-refractivity contribution in [3.8, 4) is 0 Å². The number of hydrogen-bond donors (Lipinski definition) is 2. The highest BCUT2D eigenvalue weighted by molar-refractivity contribution is 7.91. The number of carbonyl (C=O) groups is 2. The lowest BCUT2D eigenvalue weighted by atomic mass is 10.1. The summed E-state index contributed by atoms with van der Waals surface area (Å²) in [6.07, 6.45) is 2.34. The maximum absolute atomic E-state index is 11.8. The second-order valence-electron chi connectivity index (χ2n) is 4.82. The van der Waals surface area contributed by atoms with Crippen LogP contribution in [0.15, 0.2) is 18.3 Å². The smallest absolute Gasteiger partial charge is 0.352 e. The van der Waals surface area contributed by atoms with Gasteiger partial charge in [-0.05, 0) is 25.0 Å². The number of amides is 1. The number of aromatic nitrogens is 1. The number of carboxylic acid groups (broad SMARTS) is 1. The molecule has 7 nitrogen and oxygen atoms in total. The van der Waals surface area contributed by atoms with Gasteiger partial charge in [-0.15, -0.1) is 0 Å². The van der Waals surface area contributed by atoms with Gasteiger partial charge in [0.1, 0.15) is 22.1 Å². The molecule has 0 atom stereocenters. The fourth-order valence-electron chi connectivity index (χ4n) is 2.21. The summed E-state index contributed by atoms with van der Waals surface area (Å²) in [6.45, 7) is -0.0854. The Morgan fingerprint density at radius 2 is 2.00 bits per heavy atom. The fraction of sp³-hybridized carbons (Fsp3) is 0.500. The SMILES string of the molecule is O=C(Cn1cccc1C(=O)O)NC1CCS(=O)(=O)CC1. The molecule has 2 N–H and O–H groups in total. The summed E-state index contributed by atoms with van der Waals surface area (Å²) < 4.78 is 23.9. The van der Waals surface area contributed by atoms with Crippen molar-refractivity contribution >= 4 is 21.7 Å². The van der Waals surface area contributed by atoms with Crippen LogP contribution in [0.2, 0.25) is 0 Å². The molecule has 0 aromatic carbocycles. The van der Waals surface area contributed by atoms with Gasteiger partial charge in [0, 0.05) is 12.2 Å². The average molecular weight is 300 g/mol. The topological polar surface area (TPSA) is 105 Å². The molecule has 2 heterocycles. The van der Waals surface area contributed by atoms with Gasteiger partial charge >= 0.3 is 5.97 Å². The molecule has 1 aliphatic rings. The van der Waals surface area contributed by atoms with Gasteiger partial charge in [0.05, 0.1) is 11.5 Å². The third-order valence-electron chi connectivity index (χ3n) is 3.28. The Balaban J connectivity index is 1.90. The molecule has 1 saturated heterocycles. The molecule has 1 aliphatic heterocycles. The van der Waals surface area contributed by atoms with Crippen LogP contribution in [0.5, 0.6) is 0 Å². The monoisotopic (exact) mass is 300 g/mol. The standard InChI is InChI=1S/C12H16N2O5S/c15-11(8-14-5-1-2-10(14)12(16)17)13-9-3-6-20(18,19)7-4-9/h1-2,5,9H,3-4,6-8H2,(H,13,15)(H,16,17). The van der Waals surface area contributed by atoms with Crippen LogP contribution in [0, 0.1) is 0 Å². The quantitative estimate of drug-likeness (QED) is 0.806.